The van der Waals surface area contributed by atoms with Crippen LogP contribution in [0.15, 0.2) is 122 Å². The zero-order valence-corrected chi connectivity index (χ0v) is 75.5. The minimum absolute atomic E-state index is 0.133. The summed E-state index contributed by atoms with van der Waals surface area (Å²) < 4.78 is 61.6. The van der Waals surface area contributed by atoms with Gasteiger partial charge in [0.1, 0.15) is 155 Å². The molecule has 728 valence electrons. The lowest BCUT2D eigenvalue weighted by Crippen LogP contribution is -2.41. The Labute approximate surface area is 783 Å². The number of nitrogen functional groups attached to an aromatic ring is 5. The van der Waals surface area contributed by atoms with Gasteiger partial charge in [-0.25, -0.2) is 22.6 Å². The maximum absolute atomic E-state index is 12.5. The van der Waals surface area contributed by atoms with Crippen molar-refractivity contribution in [3.8, 4) is 30.3 Å². The summed E-state index contributed by atoms with van der Waals surface area (Å²) in [7, 11) is 0. The minimum Gasteiger partial charge on any atom is -0.463 e. The Morgan fingerprint density at radius 2 is 0.613 bits per heavy atom. The number of rotatable bonds is 21. The van der Waals surface area contributed by atoms with Gasteiger partial charge in [0.15, 0.2) is 0 Å². The monoisotopic (exact) mass is 1890 g/mol. The molecule has 17 rings (SSSR count). The molecule has 15 heterocycles. The third kappa shape index (κ3) is 19.6. The van der Waals surface area contributed by atoms with Gasteiger partial charge in [-0.15, -0.1) is 0 Å². The van der Waals surface area contributed by atoms with Gasteiger partial charge in [0.2, 0.25) is 28.0 Å². The number of unbranched alkanes of at least 4 members (excludes halogenated alkanes) is 2. The fraction of sp³-hybridized carbons (Fsp3) is 0.511. The van der Waals surface area contributed by atoms with Crippen LogP contribution in [0.1, 0.15) is 153 Å². The third-order valence-corrected chi connectivity index (χ3v) is 25.5. The van der Waals surface area contributed by atoms with Crippen molar-refractivity contribution >= 4 is 85.9 Å². The number of aliphatic hydroxyl groups excluding tert-OH is 10. The van der Waals surface area contributed by atoms with E-state index in [1.54, 1.807) is 112 Å². The lowest BCUT2D eigenvalue weighted by atomic mass is 9.92. The summed E-state index contributed by atoms with van der Waals surface area (Å²) in [6.45, 7) is 7.01. The van der Waals surface area contributed by atoms with Gasteiger partial charge in [0.05, 0.1) is 102 Å². The summed E-state index contributed by atoms with van der Waals surface area (Å²) >= 11 is 0. The summed E-state index contributed by atoms with van der Waals surface area (Å²) in [5.74, 6) is -2.39. The Morgan fingerprint density at radius 1 is 0.372 bits per heavy atom. The molecule has 5 saturated heterocycles. The van der Waals surface area contributed by atoms with E-state index in [2.05, 4.69) is 25.5 Å². The third-order valence-electron chi connectivity index (χ3n) is 25.5. The number of anilines is 5. The fourth-order valence-electron chi connectivity index (χ4n) is 17.8. The quantitative estimate of drug-likeness (QED) is 0.0212. The zero-order chi connectivity index (χ0) is 99.0. The van der Waals surface area contributed by atoms with Gasteiger partial charge >= 0.3 is 29.8 Å². The highest BCUT2D eigenvalue weighted by Gasteiger charge is 2.63. The number of nitrogens with zero attached hydrogens (tertiary/aromatic N) is 15. The van der Waals surface area contributed by atoms with Crippen LogP contribution in [-0.4, -0.2) is 254 Å². The molecule has 45 nitrogen and oxygen atoms in total. The molecule has 0 aromatic carbocycles. The number of hydrogen-bond acceptors (Lipinski definition) is 40. The van der Waals surface area contributed by atoms with Crippen LogP contribution in [0.5, 0.6) is 0 Å². The van der Waals surface area contributed by atoms with Crippen molar-refractivity contribution in [1.82, 2.24) is 48.1 Å². The van der Waals surface area contributed by atoms with E-state index in [-0.39, 0.29) is 91.7 Å². The number of aromatic nitrogens is 10. The van der Waals surface area contributed by atoms with E-state index in [0.717, 1.165) is 83.5 Å². The Balaban J connectivity index is 0.000000145. The molecule has 0 spiro atoms. The summed E-state index contributed by atoms with van der Waals surface area (Å²) in [5, 5.41) is 175. The molecule has 5 aliphatic heterocycles. The number of nitriles is 5. The predicted octanol–water partition coefficient (Wildman–Crippen LogP) is 2.30. The van der Waals surface area contributed by atoms with Crippen molar-refractivity contribution in [2.24, 2.45) is 17.3 Å². The topological polar surface area (TPSA) is 716 Å². The van der Waals surface area contributed by atoms with E-state index in [1.165, 1.54) is 60.5 Å². The summed E-state index contributed by atoms with van der Waals surface area (Å²) in [6.07, 6.45) is -0.453. The van der Waals surface area contributed by atoms with Gasteiger partial charge in [-0.3, -0.25) is 24.0 Å². The highest BCUT2D eigenvalue weighted by Crippen LogP contribution is 2.47. The number of hydrogen-bond donors (Lipinski definition) is 15. The normalized spacial score (nSPS) is 29.1. The molecular formula is C92H110N20O25. The van der Waals surface area contributed by atoms with Gasteiger partial charge in [-0.2, -0.15) is 51.8 Å². The molecular weight excluding hydrogens is 1790 g/mol. The van der Waals surface area contributed by atoms with E-state index < -0.39 is 143 Å². The Hall–Kier alpha value is -13.3. The molecule has 0 amide bonds. The molecule has 20 atom stereocenters. The molecule has 10 aromatic heterocycles. The Kier molecular flexibility index (Phi) is 31.1. The van der Waals surface area contributed by atoms with Crippen LogP contribution in [0.2, 0.25) is 0 Å². The number of aliphatic hydroxyl groups is 10. The van der Waals surface area contributed by atoms with Gasteiger partial charge in [0, 0.05) is 44.3 Å². The zero-order valence-electron chi connectivity index (χ0n) is 75.5. The maximum Gasteiger partial charge on any atom is 0.311 e. The number of carbonyl (C=O) groups excluding carboxylic acids is 5. The largest absolute Gasteiger partial charge is 0.463 e. The predicted molar refractivity (Wildman–Crippen MR) is 476 cm³/mol. The number of ether oxygens (including phenoxy) is 10. The first kappa shape index (κ1) is 101. The minimum atomic E-state index is -1.88. The van der Waals surface area contributed by atoms with Crippen LogP contribution in [0, 0.1) is 73.9 Å². The van der Waals surface area contributed by atoms with Gasteiger partial charge in [-0.05, 0) is 144 Å². The average molecular weight is 1900 g/mol. The van der Waals surface area contributed by atoms with Crippen LogP contribution in [-0.2, 0) is 99.3 Å². The highest BCUT2D eigenvalue weighted by atomic mass is 16.6. The first-order valence-corrected chi connectivity index (χ1v) is 44.6. The molecule has 0 radical (unpaired) electrons. The van der Waals surface area contributed by atoms with E-state index in [9.17, 15) is 101 Å². The van der Waals surface area contributed by atoms with E-state index in [4.69, 9.17) is 76.0 Å². The van der Waals surface area contributed by atoms with Crippen LogP contribution in [0.3, 0.4) is 0 Å². The van der Waals surface area contributed by atoms with Crippen molar-refractivity contribution in [2.75, 3.05) is 61.7 Å². The molecule has 2 aliphatic carbocycles. The summed E-state index contributed by atoms with van der Waals surface area (Å²) in [6, 6.07) is 33.9. The van der Waals surface area contributed by atoms with Crippen LogP contribution >= 0.6 is 0 Å². The van der Waals surface area contributed by atoms with E-state index in [0.29, 0.717) is 56.0 Å². The van der Waals surface area contributed by atoms with Crippen molar-refractivity contribution in [1.29, 1.82) is 26.3 Å². The smallest absolute Gasteiger partial charge is 0.311 e. The highest BCUT2D eigenvalue weighted by molar-refractivity contribution is 5.77. The molecule has 2 saturated carbocycles. The number of fused-ring (bicyclic) bond motifs is 5. The first-order valence-electron chi connectivity index (χ1n) is 44.6. The molecule has 45 heteroatoms. The molecule has 7 fully saturated rings. The number of nitrogens with two attached hydrogens (primary N) is 5. The van der Waals surface area contributed by atoms with Crippen molar-refractivity contribution in [3.05, 3.63) is 150 Å². The van der Waals surface area contributed by atoms with Crippen molar-refractivity contribution < 1.29 is 122 Å². The van der Waals surface area contributed by atoms with Gasteiger partial charge in [0.25, 0.3) is 0 Å². The first-order chi connectivity index (χ1) is 65.4. The fourth-order valence-corrected chi connectivity index (χ4v) is 17.8. The van der Waals surface area contributed by atoms with Gasteiger partial charge in [-0.1, -0.05) is 58.3 Å². The standard InChI is InChI=1S/C21H26N4O5.C19H22N4O5.C19H24N4O5.C18H22N4O5.C15H16N4O5/c22-12-21(17-8-7-15-14(23)9-10-24-25(15)17)19(27)18(26)16(30-21)11-29-20(28)13-5-3-1-2-4-6-13;20-10-19(15-6-5-13-12(21)7-8-22-23(13)15)17(25)16(24)14(28-19)9-27-18(26)11-3-1-2-4-11;1-2-3-4-5-16(24)27-10-14-17(25)18(26)19(11-20,28-14)15-7-6-13-12(21)8-9-22-23(13)15;1-17(2,3)16(25)26-8-12-14(23)15(24)18(9-19,27-12)13-5-4-11-10(20)6-7-21-22(11)13;1-8(20)23-6-11-13(21)14(22)15(7-16,24-11)12-3-2-10-9(17)4-5-18-19(10)12/h7-10,13,16,18-19,26-27H,1-6,11,23H2;5-8,11,14,16-17,24-25H,1-4,9,21H2;6-9,14,17-18,25-26H,2-5,10,21H2,1H3;4-7,12,14-15,23-24H,8,20H2,1-3H3;2-5,11,13-14,21-22H,6,17H2,1H3/t16-,18-,19-,21+;14-,16-,17-,19+;14-,17-,18-,19+;12-,14-,15-,18+;11-,13-,14-,15+/m11111/s1. The van der Waals surface area contributed by atoms with Crippen LogP contribution in [0.4, 0.5) is 28.4 Å². The van der Waals surface area contributed by atoms with Crippen molar-refractivity contribution in [2.45, 2.75) is 244 Å². The van der Waals surface area contributed by atoms with Gasteiger partial charge < -0.3 is 127 Å². The van der Waals surface area contributed by atoms with Crippen LogP contribution < -0.4 is 28.7 Å². The molecule has 137 heavy (non-hydrogen) atoms. The number of esters is 5. The van der Waals surface area contributed by atoms with E-state index >= 15 is 0 Å². The molecule has 20 N–H and O–H groups in total. The lowest BCUT2D eigenvalue weighted by molar-refractivity contribution is -0.159. The van der Waals surface area contributed by atoms with Crippen molar-refractivity contribution in [3.63, 3.8) is 0 Å². The maximum atomic E-state index is 12.5. The average Bonchev–Trinajstić information content (AvgIpc) is 1.60. The van der Waals surface area contributed by atoms with Crippen LogP contribution in [0.25, 0.3) is 27.6 Å². The second-order valence-electron chi connectivity index (χ2n) is 35.4. The summed E-state index contributed by atoms with van der Waals surface area (Å²) in [4.78, 5) is 59.3. The Bertz CT molecular complexity index is 6250. The molecule has 0 bridgehead atoms. The SMILES string of the molecule is CC(=O)OC[C@H]1O[C@@](C#N)(c2ccc3c(N)ccnn23)[C@H](O)[C@@H]1O.CC(C)(C)C(=O)OC[C@H]1O[C@@](C#N)(c2ccc3c(N)ccnn23)[C@H](O)[C@@H]1O.CCCCCC(=O)OC[C@H]1O[C@@](C#N)(c2ccc3c(N)ccnn23)[C@H](O)[C@@H]1O.N#C[C@@]1(c2ccc3c(N)ccnn23)O[C@H](COC(=O)C2CCCC2)[C@@H](O)[C@H]1O.N#C[C@@]1(c2ccc3c(N)ccnn23)O[C@H](COC(=O)C2CCCCCC2)[C@@H](O)[C@H]1O. The lowest BCUT2D eigenvalue weighted by Gasteiger charge is -2.24. The summed E-state index contributed by atoms with van der Waals surface area (Å²) in [5.41, 5.74) is 25.6. The molecule has 10 aromatic rings. The van der Waals surface area contributed by atoms with E-state index in [1.807, 2.05) is 37.3 Å². The molecule has 0 unspecified atom stereocenters. The second-order valence-corrected chi connectivity index (χ2v) is 35.4. The number of carbonyl (C=O) groups is 5. The Morgan fingerprint density at radius 3 is 0.854 bits per heavy atom. The second kappa shape index (κ2) is 42.1. The molecule has 7 aliphatic rings.